The summed E-state index contributed by atoms with van der Waals surface area (Å²) < 4.78 is 17.9. The highest BCUT2D eigenvalue weighted by Gasteiger charge is 2.60. The maximum absolute atomic E-state index is 13.4. The Balaban J connectivity index is 1.67. The number of carboxylic acids is 1. The fraction of sp³-hybridized carbons (Fsp3) is 0.438. The maximum Gasteiger partial charge on any atom is 0.339 e. The van der Waals surface area contributed by atoms with Gasteiger partial charge < -0.3 is 19.0 Å². The summed E-state index contributed by atoms with van der Waals surface area (Å²) in [6, 6.07) is 24.2. The molecule has 0 amide bonds. The fourth-order valence-corrected chi connectivity index (χ4v) is 6.17. The normalized spacial score (nSPS) is 14.2. The number of fused-ring (bicyclic) bond motifs is 1. The second kappa shape index (κ2) is 13.9. The summed E-state index contributed by atoms with van der Waals surface area (Å²) in [5.74, 6) is -1.93. The molecule has 210 valence electrons. The number of carbonyl (C=O) groups excluding carboxylic acids is 1. The van der Waals surface area contributed by atoms with E-state index in [1.54, 1.807) is 20.8 Å². The third-order valence-electron chi connectivity index (χ3n) is 6.87. The highest BCUT2D eigenvalue weighted by molar-refractivity contribution is 6.48. The largest absolute Gasteiger partial charge is 0.479 e. The van der Waals surface area contributed by atoms with Crippen LogP contribution in [0.5, 0.6) is 0 Å². The van der Waals surface area contributed by atoms with Crippen LogP contribution < -0.4 is 0 Å². The highest BCUT2D eigenvalue weighted by atomic mass is 28.3. The molecule has 3 rings (SSSR count). The first-order valence-electron chi connectivity index (χ1n) is 13.8. The van der Waals surface area contributed by atoms with Crippen LogP contribution in [-0.2, 0) is 36.5 Å². The average molecular weight is 551 g/mol. The standard InChI is InChI=1S/C32H42O6Si/c1-31(2,3)32(30(34)35,38-39(4)5)28(29(33)37-23-25-15-8-6-9-16-25)36-21-13-7-10-14-24-19-20-26-17-11-12-18-27(26)22-24/h6,8-9,11-12,15-20,22,28,39H,7,10,13-14,21,23H2,1-5H3,(H,34,35)/t28-,32+/m0/s1. The number of carbonyl (C=O) groups is 2. The van der Waals surface area contributed by atoms with Crippen LogP contribution in [0.1, 0.15) is 51.2 Å². The van der Waals surface area contributed by atoms with Crippen molar-refractivity contribution in [2.45, 2.75) is 77.9 Å². The van der Waals surface area contributed by atoms with Crippen LogP contribution in [0.15, 0.2) is 72.8 Å². The van der Waals surface area contributed by atoms with Crippen LogP contribution in [-0.4, -0.2) is 44.4 Å². The summed E-state index contributed by atoms with van der Waals surface area (Å²) in [6.45, 7) is 9.35. The van der Waals surface area contributed by atoms with Crippen molar-refractivity contribution in [2.24, 2.45) is 5.41 Å². The molecule has 0 fully saturated rings. The van der Waals surface area contributed by atoms with E-state index < -0.39 is 38.1 Å². The van der Waals surface area contributed by atoms with Gasteiger partial charge in [0.1, 0.15) is 6.61 Å². The topological polar surface area (TPSA) is 82.1 Å². The highest BCUT2D eigenvalue weighted by Crippen LogP contribution is 2.40. The van der Waals surface area contributed by atoms with Crippen molar-refractivity contribution in [1.29, 1.82) is 0 Å². The van der Waals surface area contributed by atoms with E-state index in [2.05, 4.69) is 30.3 Å². The van der Waals surface area contributed by atoms with Crippen molar-refractivity contribution >= 4 is 31.8 Å². The molecule has 0 radical (unpaired) electrons. The minimum absolute atomic E-state index is 0.0320. The minimum atomic E-state index is -1.90. The summed E-state index contributed by atoms with van der Waals surface area (Å²) in [6.07, 6.45) is 2.08. The van der Waals surface area contributed by atoms with E-state index >= 15 is 0 Å². The maximum atomic E-state index is 13.4. The van der Waals surface area contributed by atoms with Gasteiger partial charge in [-0.1, -0.05) is 100.0 Å². The van der Waals surface area contributed by atoms with E-state index in [9.17, 15) is 14.7 Å². The van der Waals surface area contributed by atoms with Crippen molar-refractivity contribution in [2.75, 3.05) is 6.61 Å². The van der Waals surface area contributed by atoms with Crippen molar-refractivity contribution in [3.63, 3.8) is 0 Å². The lowest BCUT2D eigenvalue weighted by molar-refractivity contribution is -0.206. The number of esters is 1. The molecule has 7 heteroatoms. The number of aryl methyl sites for hydroxylation is 1. The molecular formula is C32H42O6Si. The van der Waals surface area contributed by atoms with Crippen molar-refractivity contribution in [3.05, 3.63) is 83.9 Å². The Bertz CT molecular complexity index is 1220. The van der Waals surface area contributed by atoms with Crippen LogP contribution in [0, 0.1) is 5.41 Å². The summed E-state index contributed by atoms with van der Waals surface area (Å²) in [5, 5.41) is 12.9. The van der Waals surface area contributed by atoms with Gasteiger partial charge in [-0.3, -0.25) is 0 Å². The lowest BCUT2D eigenvalue weighted by Gasteiger charge is -2.45. The lowest BCUT2D eigenvalue weighted by atomic mass is 9.72. The summed E-state index contributed by atoms with van der Waals surface area (Å²) in [4.78, 5) is 26.3. The molecule has 39 heavy (non-hydrogen) atoms. The van der Waals surface area contributed by atoms with Gasteiger partial charge in [-0.25, -0.2) is 9.59 Å². The van der Waals surface area contributed by atoms with Gasteiger partial charge >= 0.3 is 11.9 Å². The van der Waals surface area contributed by atoms with Gasteiger partial charge in [-0.2, -0.15) is 0 Å². The molecule has 0 heterocycles. The van der Waals surface area contributed by atoms with Gasteiger partial charge in [-0.05, 0) is 54.3 Å². The molecule has 0 bridgehead atoms. The first-order chi connectivity index (χ1) is 18.5. The molecule has 0 saturated carbocycles. The molecule has 6 nitrogen and oxygen atoms in total. The zero-order chi connectivity index (χ0) is 28.5. The molecular weight excluding hydrogens is 508 g/mol. The van der Waals surface area contributed by atoms with Crippen LogP contribution in [0.2, 0.25) is 13.1 Å². The van der Waals surface area contributed by atoms with Crippen LogP contribution in [0.25, 0.3) is 10.8 Å². The summed E-state index contributed by atoms with van der Waals surface area (Å²) >= 11 is 0. The number of ether oxygens (including phenoxy) is 2. The van der Waals surface area contributed by atoms with E-state index in [0.29, 0.717) is 6.42 Å². The predicted molar refractivity (Wildman–Crippen MR) is 157 cm³/mol. The summed E-state index contributed by atoms with van der Waals surface area (Å²) in [7, 11) is -1.90. The van der Waals surface area contributed by atoms with E-state index in [0.717, 1.165) is 24.8 Å². The molecule has 0 spiro atoms. The second-order valence-corrected chi connectivity index (χ2v) is 13.6. The van der Waals surface area contributed by atoms with Crippen LogP contribution >= 0.6 is 0 Å². The Morgan fingerprint density at radius 2 is 1.51 bits per heavy atom. The lowest BCUT2D eigenvalue weighted by Crippen LogP contribution is -2.65. The number of aliphatic carboxylic acids is 1. The molecule has 2 atom stereocenters. The molecule has 0 aliphatic carbocycles. The molecule has 0 unspecified atom stereocenters. The average Bonchev–Trinajstić information content (AvgIpc) is 2.89. The predicted octanol–water partition coefficient (Wildman–Crippen LogP) is 6.55. The summed E-state index contributed by atoms with van der Waals surface area (Å²) in [5.41, 5.74) is -0.700. The first-order valence-corrected chi connectivity index (χ1v) is 16.5. The van der Waals surface area contributed by atoms with E-state index in [1.807, 2.05) is 55.6 Å². The Hall–Kier alpha value is -3.00. The number of benzene rings is 3. The molecule has 3 aromatic rings. The van der Waals surface area contributed by atoms with Gasteiger partial charge in [-0.15, -0.1) is 0 Å². The SMILES string of the molecule is C[SiH](C)O[C@@](C(=O)O)([C@@H](OCCCCCc1ccc2ccccc2c1)C(=O)OCc1ccccc1)C(C)(C)C. The zero-order valence-electron chi connectivity index (χ0n) is 23.8. The van der Waals surface area contributed by atoms with Gasteiger partial charge in [0.05, 0.1) is 0 Å². The second-order valence-electron chi connectivity index (χ2n) is 11.3. The minimum Gasteiger partial charge on any atom is -0.479 e. The molecule has 0 aromatic heterocycles. The van der Waals surface area contributed by atoms with Crippen molar-refractivity contribution in [3.8, 4) is 0 Å². The Morgan fingerprint density at radius 3 is 2.15 bits per heavy atom. The Kier molecular flexibility index (Phi) is 10.9. The van der Waals surface area contributed by atoms with Crippen LogP contribution in [0.3, 0.4) is 0 Å². The van der Waals surface area contributed by atoms with Gasteiger partial charge in [0.2, 0.25) is 0 Å². The van der Waals surface area contributed by atoms with Gasteiger partial charge in [0.25, 0.3) is 0 Å². The third kappa shape index (κ3) is 8.00. The van der Waals surface area contributed by atoms with E-state index in [1.165, 1.54) is 16.3 Å². The van der Waals surface area contributed by atoms with E-state index in [4.69, 9.17) is 13.9 Å². The zero-order valence-corrected chi connectivity index (χ0v) is 25.0. The molecule has 0 aliphatic heterocycles. The van der Waals surface area contributed by atoms with E-state index in [-0.39, 0.29) is 13.2 Å². The fourth-order valence-electron chi connectivity index (χ4n) is 4.85. The smallest absolute Gasteiger partial charge is 0.339 e. The number of rotatable bonds is 14. The molecule has 0 aliphatic rings. The monoisotopic (exact) mass is 550 g/mol. The van der Waals surface area contributed by atoms with Crippen LogP contribution in [0.4, 0.5) is 0 Å². The van der Waals surface area contributed by atoms with Crippen molar-refractivity contribution in [1.82, 2.24) is 0 Å². The molecule has 0 saturated heterocycles. The van der Waals surface area contributed by atoms with Crippen molar-refractivity contribution < 1.29 is 28.6 Å². The first kappa shape index (κ1) is 30.5. The number of carboxylic acid groups (broad SMARTS) is 1. The number of hydrogen-bond acceptors (Lipinski definition) is 5. The number of hydrogen-bond donors (Lipinski definition) is 1. The quantitative estimate of drug-likeness (QED) is 0.139. The molecule has 1 N–H and O–H groups in total. The molecule has 3 aromatic carbocycles. The van der Waals surface area contributed by atoms with Gasteiger partial charge in [0.15, 0.2) is 20.7 Å². The Morgan fingerprint density at radius 1 is 0.846 bits per heavy atom. The third-order valence-corrected chi connectivity index (χ3v) is 7.71. The Labute approximate surface area is 234 Å². The number of unbranched alkanes of at least 4 members (excludes halogenated alkanes) is 2. The van der Waals surface area contributed by atoms with Gasteiger partial charge in [0, 0.05) is 12.0 Å².